The van der Waals surface area contributed by atoms with Crippen LogP contribution in [0.4, 0.5) is 0 Å². The van der Waals surface area contributed by atoms with Crippen molar-refractivity contribution in [2.24, 2.45) is 4.99 Å². The SMILES string of the molecule is CCCCCCCCCCCCCCCCCC1=NCC[N+]1(CCOCC(=O)O)CC(=O)O. The Morgan fingerprint density at radius 2 is 1.33 bits per heavy atom. The number of aliphatic imine (C=N–C) groups is 1. The number of unbranched alkanes of at least 4 members (excludes halogenated alkanes) is 14. The molecule has 0 aromatic heterocycles. The van der Waals surface area contributed by atoms with Crippen molar-refractivity contribution in [2.75, 3.05) is 39.4 Å². The summed E-state index contributed by atoms with van der Waals surface area (Å²) in [5, 5.41) is 18.1. The van der Waals surface area contributed by atoms with Crippen LogP contribution in [0.5, 0.6) is 0 Å². The Hall–Kier alpha value is -1.47. The zero-order valence-corrected chi connectivity index (χ0v) is 21.1. The molecule has 1 aliphatic heterocycles. The molecule has 33 heavy (non-hydrogen) atoms. The fourth-order valence-electron chi connectivity index (χ4n) is 4.77. The van der Waals surface area contributed by atoms with Crippen LogP contribution >= 0.6 is 0 Å². The van der Waals surface area contributed by atoms with Crippen molar-refractivity contribution in [2.45, 2.75) is 110 Å². The molecule has 7 heteroatoms. The Bertz CT molecular complexity index is 567. The average Bonchev–Trinajstić information content (AvgIpc) is 3.15. The van der Waals surface area contributed by atoms with Gasteiger partial charge in [0.2, 0.25) is 0 Å². The van der Waals surface area contributed by atoms with Crippen molar-refractivity contribution in [1.29, 1.82) is 0 Å². The average molecular weight is 470 g/mol. The number of quaternary nitrogens is 1. The molecule has 7 nitrogen and oxygen atoms in total. The Balaban J connectivity index is 2.11. The highest BCUT2D eigenvalue weighted by molar-refractivity contribution is 5.80. The number of carboxylic acids is 2. The molecule has 0 aromatic carbocycles. The zero-order chi connectivity index (χ0) is 24.2. The first kappa shape index (κ1) is 29.6. The molecule has 0 spiro atoms. The van der Waals surface area contributed by atoms with Gasteiger partial charge in [-0.15, -0.1) is 0 Å². The molecule has 1 unspecified atom stereocenters. The quantitative estimate of drug-likeness (QED) is 0.149. The van der Waals surface area contributed by atoms with Crippen molar-refractivity contribution >= 4 is 17.8 Å². The second kappa shape index (κ2) is 18.9. The molecule has 192 valence electrons. The van der Waals surface area contributed by atoms with Crippen LogP contribution in [0.25, 0.3) is 0 Å². The van der Waals surface area contributed by atoms with Gasteiger partial charge in [-0.2, -0.15) is 0 Å². The molecular weight excluding hydrogens is 420 g/mol. The van der Waals surface area contributed by atoms with Gasteiger partial charge in [-0.1, -0.05) is 96.8 Å². The van der Waals surface area contributed by atoms with E-state index in [0.717, 1.165) is 25.1 Å². The second-order valence-electron chi connectivity index (χ2n) is 9.59. The molecule has 0 amide bonds. The number of carboxylic acid groups (broad SMARTS) is 2. The van der Waals surface area contributed by atoms with E-state index in [1.807, 2.05) is 0 Å². The molecule has 2 N–H and O–H groups in total. The summed E-state index contributed by atoms with van der Waals surface area (Å²) >= 11 is 0. The van der Waals surface area contributed by atoms with E-state index in [1.54, 1.807) is 0 Å². The molecular formula is C26H49N2O5+. The van der Waals surface area contributed by atoms with E-state index in [1.165, 1.54) is 83.5 Å². The fourth-order valence-corrected chi connectivity index (χ4v) is 4.77. The van der Waals surface area contributed by atoms with E-state index in [-0.39, 0.29) is 19.8 Å². The number of rotatable bonds is 23. The van der Waals surface area contributed by atoms with E-state index in [9.17, 15) is 14.7 Å². The van der Waals surface area contributed by atoms with Gasteiger partial charge in [-0.25, -0.2) is 14.6 Å². The lowest BCUT2D eigenvalue weighted by molar-refractivity contribution is -0.829. The maximum absolute atomic E-state index is 11.5. The molecule has 0 aliphatic carbocycles. The first-order valence-corrected chi connectivity index (χ1v) is 13.4. The number of aliphatic carboxylic acids is 2. The summed E-state index contributed by atoms with van der Waals surface area (Å²) in [5.41, 5.74) is 0. The van der Waals surface area contributed by atoms with Gasteiger partial charge >= 0.3 is 11.9 Å². The van der Waals surface area contributed by atoms with Crippen molar-refractivity contribution in [3.8, 4) is 0 Å². The number of hydrogen-bond donors (Lipinski definition) is 2. The molecule has 1 aliphatic rings. The van der Waals surface area contributed by atoms with Crippen LogP contribution in [0.15, 0.2) is 4.99 Å². The first-order valence-electron chi connectivity index (χ1n) is 13.4. The highest BCUT2D eigenvalue weighted by Gasteiger charge is 2.39. The molecule has 1 atom stereocenters. The van der Waals surface area contributed by atoms with E-state index in [2.05, 4.69) is 11.9 Å². The molecule has 0 bridgehead atoms. The summed E-state index contributed by atoms with van der Waals surface area (Å²) in [7, 11) is 0. The van der Waals surface area contributed by atoms with Crippen LogP contribution in [-0.2, 0) is 14.3 Å². The van der Waals surface area contributed by atoms with Crippen LogP contribution in [0.3, 0.4) is 0 Å². The van der Waals surface area contributed by atoms with Gasteiger partial charge in [0.15, 0.2) is 12.4 Å². The second-order valence-corrected chi connectivity index (χ2v) is 9.59. The van der Waals surface area contributed by atoms with E-state index < -0.39 is 11.9 Å². The van der Waals surface area contributed by atoms with Gasteiger partial charge in [-0.3, -0.25) is 4.48 Å². The predicted molar refractivity (Wildman–Crippen MR) is 133 cm³/mol. The summed E-state index contributed by atoms with van der Waals surface area (Å²) in [4.78, 5) is 26.7. The zero-order valence-electron chi connectivity index (χ0n) is 21.1. The number of carbonyl (C=O) groups is 2. The number of amidine groups is 1. The largest absolute Gasteiger partial charge is 0.480 e. The molecule has 0 fully saturated rings. The Morgan fingerprint density at radius 1 is 0.818 bits per heavy atom. The minimum absolute atomic E-state index is 0.00595. The summed E-state index contributed by atoms with van der Waals surface area (Å²) < 4.78 is 5.49. The Kier molecular flexibility index (Phi) is 16.9. The summed E-state index contributed by atoms with van der Waals surface area (Å²) in [6, 6.07) is 0. The molecule has 0 saturated heterocycles. The maximum Gasteiger partial charge on any atom is 0.359 e. The van der Waals surface area contributed by atoms with Crippen LogP contribution in [0, 0.1) is 0 Å². The highest BCUT2D eigenvalue weighted by atomic mass is 16.5. The predicted octanol–water partition coefficient (Wildman–Crippen LogP) is 5.66. The summed E-state index contributed by atoms with van der Waals surface area (Å²) in [6.45, 7) is 3.92. The molecule has 1 heterocycles. The van der Waals surface area contributed by atoms with Crippen molar-refractivity contribution < 1.29 is 29.0 Å². The minimum Gasteiger partial charge on any atom is -0.480 e. The van der Waals surface area contributed by atoms with Gasteiger partial charge in [0.1, 0.15) is 19.7 Å². The van der Waals surface area contributed by atoms with Gasteiger partial charge in [0, 0.05) is 6.42 Å². The molecule has 0 radical (unpaired) electrons. The summed E-state index contributed by atoms with van der Waals surface area (Å²) in [6.07, 6.45) is 20.7. The molecule has 1 rings (SSSR count). The van der Waals surface area contributed by atoms with E-state index in [4.69, 9.17) is 9.84 Å². The third-order valence-electron chi connectivity index (χ3n) is 6.70. The molecule has 0 aromatic rings. The minimum atomic E-state index is -1.01. The van der Waals surface area contributed by atoms with Crippen LogP contribution in [0.1, 0.15) is 110 Å². The first-order chi connectivity index (χ1) is 16.0. The third-order valence-corrected chi connectivity index (χ3v) is 6.70. The maximum atomic E-state index is 11.5. The third kappa shape index (κ3) is 14.4. The Labute approximate surface area is 201 Å². The number of hydrogen-bond acceptors (Lipinski definition) is 4. The van der Waals surface area contributed by atoms with Gasteiger partial charge in [0.25, 0.3) is 0 Å². The van der Waals surface area contributed by atoms with Gasteiger partial charge in [0.05, 0.1) is 13.2 Å². The van der Waals surface area contributed by atoms with Crippen molar-refractivity contribution in [3.63, 3.8) is 0 Å². The summed E-state index contributed by atoms with van der Waals surface area (Å²) in [5.74, 6) is -0.904. The number of ether oxygens (including phenoxy) is 1. The topological polar surface area (TPSA) is 96.2 Å². The van der Waals surface area contributed by atoms with E-state index >= 15 is 0 Å². The Morgan fingerprint density at radius 3 is 1.82 bits per heavy atom. The lowest BCUT2D eigenvalue weighted by atomic mass is 10.0. The van der Waals surface area contributed by atoms with Crippen LogP contribution in [0.2, 0.25) is 0 Å². The highest BCUT2D eigenvalue weighted by Crippen LogP contribution is 2.21. The van der Waals surface area contributed by atoms with Crippen LogP contribution < -0.4 is 0 Å². The lowest BCUT2D eigenvalue weighted by Crippen LogP contribution is -2.55. The van der Waals surface area contributed by atoms with Crippen LogP contribution in [-0.4, -0.2) is 71.9 Å². The van der Waals surface area contributed by atoms with Gasteiger partial charge < -0.3 is 14.9 Å². The molecule has 0 saturated carbocycles. The van der Waals surface area contributed by atoms with Gasteiger partial charge in [-0.05, 0) is 6.42 Å². The number of nitrogens with zero attached hydrogens (tertiary/aromatic N) is 2. The van der Waals surface area contributed by atoms with Crippen molar-refractivity contribution in [3.05, 3.63) is 0 Å². The monoisotopic (exact) mass is 469 g/mol. The van der Waals surface area contributed by atoms with E-state index in [0.29, 0.717) is 24.1 Å². The van der Waals surface area contributed by atoms with Crippen molar-refractivity contribution in [1.82, 2.24) is 0 Å². The lowest BCUT2D eigenvalue weighted by Gasteiger charge is -2.33. The normalized spacial score (nSPS) is 17.9. The standard InChI is InChI=1S/C26H48N2O5/c1-2-3-4-5-6-7-8-9-10-11-12-13-14-15-16-17-24-27-18-19-28(24,22-25(29)30)20-21-33-23-26(31)32/h2-23H2,1H3,(H-,29,30,31,32)/p+1. The fraction of sp³-hybridized carbons (Fsp3) is 0.885. The smallest absolute Gasteiger partial charge is 0.359 e.